The quantitative estimate of drug-likeness (QED) is 0.560. The molecule has 2 saturated heterocycles. The molecule has 8 nitrogen and oxygen atoms in total. The van der Waals surface area contributed by atoms with Crippen molar-refractivity contribution in [1.29, 1.82) is 0 Å². The minimum atomic E-state index is -3.53. The van der Waals surface area contributed by atoms with Crippen LogP contribution in [0.4, 0.5) is 5.69 Å². The van der Waals surface area contributed by atoms with Crippen LogP contribution in [0.3, 0.4) is 0 Å². The molecule has 34 heavy (non-hydrogen) atoms. The first-order chi connectivity index (χ1) is 16.4. The van der Waals surface area contributed by atoms with Crippen molar-refractivity contribution in [2.24, 2.45) is 0 Å². The average Bonchev–Trinajstić information content (AvgIpc) is 2.89. The van der Waals surface area contributed by atoms with Gasteiger partial charge in [0.25, 0.3) is 0 Å². The lowest BCUT2D eigenvalue weighted by molar-refractivity contribution is -0.125. The van der Waals surface area contributed by atoms with Gasteiger partial charge in [-0.3, -0.25) is 4.79 Å². The summed E-state index contributed by atoms with van der Waals surface area (Å²) in [6.45, 7) is 5.13. The number of carbonyl (C=O) groups is 1. The summed E-state index contributed by atoms with van der Waals surface area (Å²) in [4.78, 5) is 16.9. The van der Waals surface area contributed by atoms with Crippen LogP contribution in [0.5, 0.6) is 0 Å². The van der Waals surface area contributed by atoms with E-state index < -0.39 is 10.0 Å². The second kappa shape index (κ2) is 11.1. The third kappa shape index (κ3) is 5.85. The zero-order valence-electron chi connectivity index (χ0n) is 19.4. The Balaban J connectivity index is 1.38. The van der Waals surface area contributed by atoms with Gasteiger partial charge < -0.3 is 19.3 Å². The number of nitrogens with zero attached hydrogens (tertiary/aromatic N) is 3. The van der Waals surface area contributed by atoms with Gasteiger partial charge in [0.05, 0.1) is 31.3 Å². The largest absolute Gasteiger partial charge is 0.379 e. The zero-order chi connectivity index (χ0) is 24.0. The van der Waals surface area contributed by atoms with E-state index in [1.165, 1.54) is 10.4 Å². The highest BCUT2D eigenvalue weighted by atomic mass is 32.2. The van der Waals surface area contributed by atoms with E-state index in [1.54, 1.807) is 42.3 Å². The normalized spacial score (nSPS) is 17.7. The van der Waals surface area contributed by atoms with E-state index in [4.69, 9.17) is 9.47 Å². The SMILES string of the molecule is CN(Cc1ccccc1N1CCOCC1)C(=O)C=Cc1ccc(S(=O)(=O)N2CCOCC2)cc1. The summed E-state index contributed by atoms with van der Waals surface area (Å²) in [5.41, 5.74) is 2.98. The van der Waals surface area contributed by atoms with Gasteiger partial charge >= 0.3 is 0 Å². The molecule has 0 atom stereocenters. The number of anilines is 1. The van der Waals surface area contributed by atoms with Gasteiger partial charge in [-0.1, -0.05) is 30.3 Å². The molecule has 0 saturated carbocycles. The first-order valence-corrected chi connectivity index (χ1v) is 12.9. The molecule has 182 valence electrons. The summed E-state index contributed by atoms with van der Waals surface area (Å²) in [7, 11) is -1.75. The van der Waals surface area contributed by atoms with Crippen LogP contribution in [0, 0.1) is 0 Å². The molecule has 0 radical (unpaired) electrons. The fourth-order valence-corrected chi connectivity index (χ4v) is 5.48. The summed E-state index contributed by atoms with van der Waals surface area (Å²) in [5, 5.41) is 0. The van der Waals surface area contributed by atoms with E-state index in [2.05, 4.69) is 11.0 Å². The molecule has 2 aliphatic rings. The number of rotatable bonds is 7. The lowest BCUT2D eigenvalue weighted by Crippen LogP contribution is -2.40. The van der Waals surface area contributed by atoms with E-state index in [0.29, 0.717) is 46.1 Å². The number of morpholine rings is 2. The summed E-state index contributed by atoms with van der Waals surface area (Å²) in [5.74, 6) is -0.123. The van der Waals surface area contributed by atoms with Crippen molar-refractivity contribution in [2.75, 3.05) is 64.6 Å². The molecule has 0 unspecified atom stereocenters. The van der Waals surface area contributed by atoms with E-state index in [1.807, 2.05) is 18.2 Å². The molecular weight excluding hydrogens is 454 g/mol. The summed E-state index contributed by atoms with van der Waals surface area (Å²) >= 11 is 0. The van der Waals surface area contributed by atoms with Crippen LogP contribution in [0.2, 0.25) is 0 Å². The fourth-order valence-electron chi connectivity index (χ4n) is 4.07. The number of hydrogen-bond acceptors (Lipinski definition) is 6. The van der Waals surface area contributed by atoms with Crippen molar-refractivity contribution < 1.29 is 22.7 Å². The van der Waals surface area contributed by atoms with Crippen molar-refractivity contribution >= 4 is 27.7 Å². The molecule has 0 aromatic heterocycles. The molecule has 0 N–H and O–H groups in total. The van der Waals surface area contributed by atoms with Gasteiger partial charge in [-0.2, -0.15) is 4.31 Å². The highest BCUT2D eigenvalue weighted by Crippen LogP contribution is 2.23. The molecule has 0 bridgehead atoms. The Bertz CT molecular complexity index is 1110. The lowest BCUT2D eigenvalue weighted by atomic mass is 10.1. The smallest absolute Gasteiger partial charge is 0.246 e. The van der Waals surface area contributed by atoms with E-state index >= 15 is 0 Å². The maximum atomic E-state index is 12.8. The van der Waals surface area contributed by atoms with Gasteiger partial charge in [-0.05, 0) is 35.4 Å². The minimum absolute atomic E-state index is 0.123. The lowest BCUT2D eigenvalue weighted by Gasteiger charge is -2.31. The zero-order valence-corrected chi connectivity index (χ0v) is 20.2. The molecule has 9 heteroatoms. The molecular formula is C25H31N3O5S. The Morgan fingerprint density at radius 3 is 2.24 bits per heavy atom. The molecule has 2 fully saturated rings. The maximum absolute atomic E-state index is 12.8. The Morgan fingerprint density at radius 2 is 1.56 bits per heavy atom. The molecule has 2 heterocycles. The van der Waals surface area contributed by atoms with Crippen molar-refractivity contribution in [3.63, 3.8) is 0 Å². The van der Waals surface area contributed by atoms with E-state index in [0.717, 1.165) is 29.9 Å². The Hall–Kier alpha value is -2.72. The van der Waals surface area contributed by atoms with Crippen LogP contribution in [-0.4, -0.2) is 83.2 Å². The summed E-state index contributed by atoms with van der Waals surface area (Å²) < 4.78 is 37.6. The minimum Gasteiger partial charge on any atom is -0.379 e. The van der Waals surface area contributed by atoms with Crippen molar-refractivity contribution in [3.05, 3.63) is 65.7 Å². The number of likely N-dealkylation sites (N-methyl/N-ethyl adjacent to an activating group) is 1. The van der Waals surface area contributed by atoms with Gasteiger partial charge in [0, 0.05) is 51.5 Å². The van der Waals surface area contributed by atoms with Gasteiger partial charge in [0.15, 0.2) is 0 Å². The molecule has 2 aromatic rings. The first kappa shape index (κ1) is 24.4. The van der Waals surface area contributed by atoms with Crippen molar-refractivity contribution in [1.82, 2.24) is 9.21 Å². The molecule has 1 amide bonds. The standard InChI is InChI=1S/C25H31N3O5S/c1-26(20-22-4-2-3-5-24(22)27-12-16-32-17-13-27)25(29)11-8-21-6-9-23(10-7-21)34(30,31)28-14-18-33-19-15-28/h2-11H,12-20H2,1H3. The fraction of sp³-hybridized carbons (Fsp3) is 0.400. The van der Waals surface area contributed by atoms with Gasteiger partial charge in [-0.25, -0.2) is 8.42 Å². The number of benzene rings is 2. The molecule has 0 aliphatic carbocycles. The van der Waals surface area contributed by atoms with Crippen LogP contribution in [0.15, 0.2) is 59.5 Å². The molecule has 0 spiro atoms. The summed E-state index contributed by atoms with van der Waals surface area (Å²) in [6, 6.07) is 14.7. The Labute approximate surface area is 201 Å². The molecule has 2 aromatic carbocycles. The highest BCUT2D eigenvalue weighted by Gasteiger charge is 2.26. The third-order valence-electron chi connectivity index (χ3n) is 6.03. The first-order valence-electron chi connectivity index (χ1n) is 11.5. The maximum Gasteiger partial charge on any atom is 0.246 e. The second-order valence-corrected chi connectivity index (χ2v) is 10.3. The highest BCUT2D eigenvalue weighted by molar-refractivity contribution is 7.89. The number of amides is 1. The Morgan fingerprint density at radius 1 is 0.941 bits per heavy atom. The van der Waals surface area contributed by atoms with Crippen LogP contribution in [0.25, 0.3) is 6.08 Å². The predicted octanol–water partition coefficient (Wildman–Crippen LogP) is 2.22. The number of ether oxygens (including phenoxy) is 2. The van der Waals surface area contributed by atoms with Crippen LogP contribution < -0.4 is 4.90 Å². The second-order valence-electron chi connectivity index (χ2n) is 8.34. The Kier molecular flexibility index (Phi) is 7.99. The molecule has 2 aliphatic heterocycles. The van der Waals surface area contributed by atoms with E-state index in [9.17, 15) is 13.2 Å². The van der Waals surface area contributed by atoms with Crippen LogP contribution in [0.1, 0.15) is 11.1 Å². The number of sulfonamides is 1. The van der Waals surface area contributed by atoms with Crippen molar-refractivity contribution in [2.45, 2.75) is 11.4 Å². The van der Waals surface area contributed by atoms with Gasteiger partial charge in [0.1, 0.15) is 0 Å². The van der Waals surface area contributed by atoms with Gasteiger partial charge in [-0.15, -0.1) is 0 Å². The predicted molar refractivity (Wildman–Crippen MR) is 131 cm³/mol. The average molecular weight is 486 g/mol. The van der Waals surface area contributed by atoms with E-state index in [-0.39, 0.29) is 10.8 Å². The van der Waals surface area contributed by atoms with Crippen LogP contribution >= 0.6 is 0 Å². The topological polar surface area (TPSA) is 79.4 Å². The van der Waals surface area contributed by atoms with Crippen molar-refractivity contribution in [3.8, 4) is 0 Å². The monoisotopic (exact) mass is 485 g/mol. The molecule has 4 rings (SSSR count). The number of para-hydroxylation sites is 1. The van der Waals surface area contributed by atoms with Crippen LogP contribution in [-0.2, 0) is 30.8 Å². The number of carbonyl (C=O) groups excluding carboxylic acids is 1. The summed E-state index contributed by atoms with van der Waals surface area (Å²) in [6.07, 6.45) is 3.22. The van der Waals surface area contributed by atoms with Gasteiger partial charge in [0.2, 0.25) is 15.9 Å². The number of hydrogen-bond donors (Lipinski definition) is 0. The third-order valence-corrected chi connectivity index (χ3v) is 7.95.